The molecule has 0 amide bonds. The van der Waals surface area contributed by atoms with Crippen LogP contribution < -0.4 is 0 Å². The molecule has 0 heterocycles. The molecule has 0 bridgehead atoms. The molecule has 0 nitrogen and oxygen atoms in total. The van der Waals surface area contributed by atoms with Gasteiger partial charge in [-0.05, 0) is 0 Å². The van der Waals surface area contributed by atoms with Crippen molar-refractivity contribution < 1.29 is 28.0 Å². The number of hydrogen-bond acceptors (Lipinski definition) is 0. The van der Waals surface area contributed by atoms with Crippen LogP contribution >= 0.6 is 0 Å². The Labute approximate surface area is 28.8 Å². The molecule has 0 saturated heterocycles. The predicted molar refractivity (Wildman–Crippen MR) is 3.32 cm³/mol. The van der Waals surface area contributed by atoms with Crippen LogP contribution in [-0.2, 0) is 18.3 Å². The monoisotopic (exact) mass is 244 g/mol. The van der Waals surface area contributed by atoms with Gasteiger partial charge >= 0.3 is 28.0 Å². The van der Waals surface area contributed by atoms with Gasteiger partial charge in [0, 0.05) is 0 Å². The summed E-state index contributed by atoms with van der Waals surface area (Å²) >= 11 is -4.96. The zero-order valence-corrected chi connectivity index (χ0v) is 4.23. The first kappa shape index (κ1) is 4.45. The molecule has 0 saturated carbocycles. The third-order valence-electron chi connectivity index (χ3n) is 0. The van der Waals surface area contributed by atoms with Crippen LogP contribution in [0.2, 0.25) is 0 Å². The Hall–Kier alpha value is 0.452. The fraction of sp³-hybridized carbons (Fsp3) is 0. The van der Waals surface area contributed by atoms with Crippen molar-refractivity contribution in [2.45, 2.75) is 0 Å². The summed E-state index contributed by atoms with van der Waals surface area (Å²) in [5.74, 6) is 0. The first-order chi connectivity index (χ1) is 1.73. The third-order valence-corrected chi connectivity index (χ3v) is 0. The van der Waals surface area contributed by atoms with E-state index in [2.05, 4.69) is 0 Å². The van der Waals surface area contributed by atoms with Gasteiger partial charge in [-0.1, -0.05) is 0 Å². The van der Waals surface area contributed by atoms with Crippen LogP contribution in [0.25, 0.3) is 0 Å². The molecule has 0 aliphatic heterocycles. The average Bonchev–Trinajstić information content (AvgIpc) is 0.811. The predicted octanol–water partition coefficient (Wildman–Crippen LogP) is 1.26. The first-order valence-electron chi connectivity index (χ1n) is 0.429. The maximum atomic E-state index is 9.85. The van der Waals surface area contributed by atoms with Crippen molar-refractivity contribution in [1.29, 1.82) is 0 Å². The molecule has 0 aliphatic carbocycles. The Balaban J connectivity index is 2.32. The maximum absolute atomic E-state index is 9.85. The van der Waals surface area contributed by atoms with E-state index in [9.17, 15) is 9.67 Å². The number of hydrogen-bond donors (Lipinski definition) is 0. The van der Waals surface area contributed by atoms with Gasteiger partial charge in [0.05, 0.1) is 0 Å². The van der Waals surface area contributed by atoms with E-state index in [4.69, 9.17) is 0 Å². The van der Waals surface area contributed by atoms with Crippen LogP contribution in [0.3, 0.4) is 0 Å². The van der Waals surface area contributed by atoms with Crippen molar-refractivity contribution >= 4 is 0 Å². The zero-order chi connectivity index (χ0) is 3.58. The van der Waals surface area contributed by atoms with Crippen LogP contribution in [0.15, 0.2) is 0 Å². The summed E-state index contributed by atoms with van der Waals surface area (Å²) in [6.07, 6.45) is 0. The Bertz CT molecular complexity index is 8.00. The van der Waals surface area contributed by atoms with Gasteiger partial charge in [0.25, 0.3) is 0 Å². The van der Waals surface area contributed by atoms with Crippen molar-refractivity contribution in [3.63, 3.8) is 0 Å². The van der Waals surface area contributed by atoms with Crippen molar-refractivity contribution in [2.75, 3.05) is 0 Å². The summed E-state index contributed by atoms with van der Waals surface area (Å²) in [5, 5.41) is 0. The van der Waals surface area contributed by atoms with Crippen molar-refractivity contribution in [3.05, 3.63) is 0 Å². The Morgan fingerprint density at radius 3 is 1.00 bits per heavy atom. The molecule has 0 aromatic carbocycles. The number of rotatable bonds is 0. The second-order valence-corrected chi connectivity index (χ2v) is 1.33. The molecular weight excluding hydrogens is 243 g/mol. The van der Waals surface area contributed by atoms with Gasteiger partial charge in [0.2, 0.25) is 0 Å². The summed E-state index contributed by atoms with van der Waals surface area (Å²) in [6, 6.07) is 0. The second kappa shape index (κ2) is 1.74. The van der Waals surface area contributed by atoms with Crippen LogP contribution in [-0.4, -0.2) is 0 Å². The van der Waals surface area contributed by atoms with Gasteiger partial charge in [-0.25, -0.2) is 0 Å². The molecule has 28 valence electrons. The van der Waals surface area contributed by atoms with Crippen LogP contribution in [0, 0.1) is 0 Å². The fourth-order valence-electron chi connectivity index (χ4n) is 0. The van der Waals surface area contributed by atoms with Gasteiger partial charge in [0.1, 0.15) is 0 Å². The Kier molecular flexibility index (Phi) is 1.94. The molecule has 0 aromatic heterocycles. The first-order valence-corrected chi connectivity index (χ1v) is 3.51. The standard InChI is InChI=1S/3FH.Re/h3*1H;/q;;;+3/p-3. The van der Waals surface area contributed by atoms with Gasteiger partial charge in [-0.15, -0.1) is 0 Å². The fourth-order valence-corrected chi connectivity index (χ4v) is 0. The Morgan fingerprint density at radius 2 is 1.00 bits per heavy atom. The van der Waals surface area contributed by atoms with Crippen LogP contribution in [0.4, 0.5) is 9.67 Å². The van der Waals surface area contributed by atoms with E-state index in [0.717, 1.165) is 0 Å². The molecular formula is F3Re. The molecule has 0 radical (unpaired) electrons. The summed E-state index contributed by atoms with van der Waals surface area (Å²) < 4.78 is 29.6. The molecule has 0 unspecified atom stereocenters. The second-order valence-electron chi connectivity index (χ2n) is 0.162. The topological polar surface area (TPSA) is 0 Å². The van der Waals surface area contributed by atoms with E-state index in [-0.39, 0.29) is 0 Å². The summed E-state index contributed by atoms with van der Waals surface area (Å²) in [6.45, 7) is 0. The molecule has 0 aliphatic rings. The summed E-state index contributed by atoms with van der Waals surface area (Å²) in [4.78, 5) is 0. The summed E-state index contributed by atoms with van der Waals surface area (Å²) in [5.41, 5.74) is 0. The van der Waals surface area contributed by atoms with E-state index in [1.807, 2.05) is 0 Å². The molecule has 0 spiro atoms. The van der Waals surface area contributed by atoms with Crippen molar-refractivity contribution in [1.82, 2.24) is 0 Å². The normalized spacial score (nSPS) is 11.2. The van der Waals surface area contributed by atoms with Crippen LogP contribution in [0.1, 0.15) is 0 Å². The van der Waals surface area contributed by atoms with E-state index in [1.54, 1.807) is 0 Å². The van der Waals surface area contributed by atoms with Gasteiger partial charge in [-0.3, -0.25) is 0 Å². The van der Waals surface area contributed by atoms with E-state index >= 15 is 0 Å². The molecule has 0 rings (SSSR count). The minimum absolute atomic E-state index is 4.96. The zero-order valence-electron chi connectivity index (χ0n) is 1.51. The Morgan fingerprint density at radius 1 is 1.00 bits per heavy atom. The molecule has 0 fully saturated rings. The quantitative estimate of drug-likeness (QED) is 0.601. The van der Waals surface area contributed by atoms with E-state index in [0.29, 0.717) is 0 Å². The molecule has 4 heteroatoms. The third kappa shape index (κ3) is 25.3. The van der Waals surface area contributed by atoms with Gasteiger partial charge < -0.3 is 0 Å². The van der Waals surface area contributed by atoms with Gasteiger partial charge in [-0.2, -0.15) is 0 Å². The number of halogens is 3. The van der Waals surface area contributed by atoms with E-state index in [1.165, 1.54) is 0 Å². The summed E-state index contributed by atoms with van der Waals surface area (Å²) in [7, 11) is 0. The SMILES string of the molecule is [F][Re]([F])[F]. The molecule has 0 atom stereocenters. The van der Waals surface area contributed by atoms with E-state index < -0.39 is 18.3 Å². The molecule has 0 N–H and O–H groups in total. The van der Waals surface area contributed by atoms with Crippen LogP contribution in [0.5, 0.6) is 0 Å². The van der Waals surface area contributed by atoms with Crippen molar-refractivity contribution in [2.24, 2.45) is 0 Å². The average molecular weight is 243 g/mol. The van der Waals surface area contributed by atoms with Gasteiger partial charge in [0.15, 0.2) is 0 Å². The van der Waals surface area contributed by atoms with Crippen molar-refractivity contribution in [3.8, 4) is 0 Å². The molecule has 0 aromatic rings. The minimum atomic E-state index is -4.96. The molecule has 4 heavy (non-hydrogen) atoms.